The number of nitrogens with one attached hydrogen (secondary N) is 4. The topological polar surface area (TPSA) is 212 Å². The molecule has 1 aromatic carbocycles. The molecular weight excluding hydrogens is 582 g/mol. The van der Waals surface area contributed by atoms with E-state index >= 15 is 0 Å². The number of hydrogen-bond donors (Lipinski definition) is 5. The van der Waals surface area contributed by atoms with Crippen molar-refractivity contribution in [2.45, 2.75) is 76.0 Å². The Kier molecular flexibility index (Phi) is 10.1. The van der Waals surface area contributed by atoms with Gasteiger partial charge in [0.25, 0.3) is 5.91 Å². The van der Waals surface area contributed by atoms with Gasteiger partial charge in [0.2, 0.25) is 17.7 Å². The van der Waals surface area contributed by atoms with Crippen molar-refractivity contribution in [2.75, 3.05) is 4.90 Å². The molecule has 3 aromatic rings. The van der Waals surface area contributed by atoms with Crippen LogP contribution in [0.2, 0.25) is 0 Å². The number of pyridine rings is 1. The Morgan fingerprint density at radius 1 is 1.02 bits per heavy atom. The molecule has 1 saturated carbocycles. The number of carbonyl (C=O) groups is 5. The molecule has 0 spiro atoms. The van der Waals surface area contributed by atoms with E-state index in [-0.39, 0.29) is 49.3 Å². The molecule has 5 rings (SSSR count). The van der Waals surface area contributed by atoms with Gasteiger partial charge in [0.05, 0.1) is 13.0 Å². The number of rotatable bonds is 13. The van der Waals surface area contributed by atoms with E-state index in [4.69, 9.17) is 0 Å². The Balaban J connectivity index is 1.36. The van der Waals surface area contributed by atoms with Crippen LogP contribution in [-0.2, 0) is 43.4 Å². The van der Waals surface area contributed by atoms with E-state index in [1.807, 2.05) is 30.3 Å². The zero-order valence-electron chi connectivity index (χ0n) is 24.5. The van der Waals surface area contributed by atoms with E-state index in [2.05, 4.69) is 41.6 Å². The predicted octanol–water partition coefficient (Wildman–Crippen LogP) is 0.436. The van der Waals surface area contributed by atoms with Gasteiger partial charge >= 0.3 is 5.97 Å². The first-order valence-corrected chi connectivity index (χ1v) is 14.9. The maximum absolute atomic E-state index is 14.2. The summed E-state index contributed by atoms with van der Waals surface area (Å²) in [7, 11) is 0. The van der Waals surface area contributed by atoms with Crippen LogP contribution in [0.5, 0.6) is 0 Å². The Bertz CT molecular complexity index is 1510. The normalized spacial score (nSPS) is 17.2. The molecule has 4 amide bonds. The van der Waals surface area contributed by atoms with Crippen LogP contribution in [0.1, 0.15) is 55.5 Å². The van der Waals surface area contributed by atoms with Crippen LogP contribution in [0.4, 0.5) is 5.82 Å². The van der Waals surface area contributed by atoms with Crippen molar-refractivity contribution in [1.29, 1.82) is 0 Å². The summed E-state index contributed by atoms with van der Waals surface area (Å²) in [4.78, 5) is 71.5. The largest absolute Gasteiger partial charge is 0.481 e. The van der Waals surface area contributed by atoms with Gasteiger partial charge in [0.1, 0.15) is 23.9 Å². The summed E-state index contributed by atoms with van der Waals surface area (Å²) < 4.78 is 0. The third-order valence-corrected chi connectivity index (χ3v) is 8.11. The third-order valence-electron chi connectivity index (χ3n) is 8.11. The van der Waals surface area contributed by atoms with E-state index in [0.717, 1.165) is 31.2 Å². The van der Waals surface area contributed by atoms with Crippen LogP contribution in [0, 0.1) is 5.92 Å². The Morgan fingerprint density at radius 3 is 2.51 bits per heavy atom. The molecule has 3 atom stereocenters. The standard InChI is InChI=1S/C30H35N9O6/c40-24(15-18-7-2-1-3-8-18)34-26(19-9-4-5-10-19)29(44)33-21(12-13-25(41)42)30(45)39-22(16-20-11-6-14-31-27(20)39)28(43)32-17-23-35-37-38-36-23/h1-3,6-8,11,14,19,21-22,26H,4-5,9-10,12-13,15-17H2,(H,32,43)(H,33,44)(H,34,40)(H,41,42)(H,35,36,37,38)/t21?,22-,26?/m0/s1. The lowest BCUT2D eigenvalue weighted by molar-refractivity contribution is -0.138. The molecule has 1 aliphatic heterocycles. The number of carboxylic acid groups (broad SMARTS) is 1. The van der Waals surface area contributed by atoms with E-state index in [9.17, 15) is 29.1 Å². The minimum Gasteiger partial charge on any atom is -0.481 e. The van der Waals surface area contributed by atoms with Gasteiger partial charge in [-0.15, -0.1) is 10.2 Å². The first kappa shape index (κ1) is 31.2. The van der Waals surface area contributed by atoms with Crippen molar-refractivity contribution in [2.24, 2.45) is 5.92 Å². The fraction of sp³-hybridized carbons (Fsp3) is 0.433. The quantitative estimate of drug-likeness (QED) is 0.178. The minimum atomic E-state index is -1.30. The number of benzene rings is 1. The van der Waals surface area contributed by atoms with Gasteiger partial charge in [-0.3, -0.25) is 28.9 Å². The molecule has 3 heterocycles. The molecule has 15 heteroatoms. The monoisotopic (exact) mass is 617 g/mol. The molecule has 45 heavy (non-hydrogen) atoms. The lowest BCUT2D eigenvalue weighted by Crippen LogP contribution is -2.58. The van der Waals surface area contributed by atoms with Crippen molar-refractivity contribution in [3.05, 3.63) is 65.6 Å². The maximum Gasteiger partial charge on any atom is 0.303 e. The summed E-state index contributed by atoms with van der Waals surface area (Å²) in [5.74, 6) is -2.90. The van der Waals surface area contributed by atoms with E-state index in [1.165, 1.54) is 11.1 Å². The highest BCUT2D eigenvalue weighted by atomic mass is 16.4. The van der Waals surface area contributed by atoms with E-state index in [0.29, 0.717) is 5.56 Å². The summed E-state index contributed by atoms with van der Waals surface area (Å²) in [6.07, 6.45) is 4.34. The van der Waals surface area contributed by atoms with Gasteiger partial charge in [-0.1, -0.05) is 54.5 Å². The molecule has 0 saturated heterocycles. The number of carboxylic acids is 1. The van der Waals surface area contributed by atoms with Crippen LogP contribution >= 0.6 is 0 Å². The summed E-state index contributed by atoms with van der Waals surface area (Å²) in [5, 5.41) is 31.2. The van der Waals surface area contributed by atoms with E-state index in [1.54, 1.807) is 12.1 Å². The zero-order chi connectivity index (χ0) is 31.8. The molecule has 2 aliphatic rings. The highest BCUT2D eigenvalue weighted by Gasteiger charge is 2.43. The molecule has 2 aromatic heterocycles. The number of amides is 4. The van der Waals surface area contributed by atoms with Gasteiger partial charge in [0.15, 0.2) is 5.82 Å². The van der Waals surface area contributed by atoms with Crippen LogP contribution < -0.4 is 20.9 Å². The van der Waals surface area contributed by atoms with Crippen molar-refractivity contribution in [3.8, 4) is 0 Å². The lowest BCUT2D eigenvalue weighted by atomic mass is 9.96. The fourth-order valence-electron chi connectivity index (χ4n) is 5.91. The van der Waals surface area contributed by atoms with Gasteiger partial charge < -0.3 is 21.1 Å². The summed E-state index contributed by atoms with van der Waals surface area (Å²) in [6.45, 7) is -0.0391. The van der Waals surface area contributed by atoms with Gasteiger partial charge in [-0.05, 0) is 42.4 Å². The Hall–Kier alpha value is -5.21. The van der Waals surface area contributed by atoms with Crippen LogP contribution in [0.3, 0.4) is 0 Å². The second-order valence-corrected chi connectivity index (χ2v) is 11.2. The lowest BCUT2D eigenvalue weighted by Gasteiger charge is -2.30. The second-order valence-electron chi connectivity index (χ2n) is 11.2. The zero-order valence-corrected chi connectivity index (χ0v) is 24.5. The number of aromatic nitrogens is 5. The number of H-pyrrole nitrogens is 1. The third kappa shape index (κ3) is 7.85. The van der Waals surface area contributed by atoms with Gasteiger partial charge in [0, 0.05) is 19.0 Å². The Morgan fingerprint density at radius 2 is 1.80 bits per heavy atom. The molecular formula is C30H35N9O6. The van der Waals surface area contributed by atoms with Crippen LogP contribution in [0.25, 0.3) is 0 Å². The number of carbonyl (C=O) groups excluding carboxylic acids is 4. The van der Waals surface area contributed by atoms with Crippen LogP contribution in [-0.4, -0.2) is 78.4 Å². The van der Waals surface area contributed by atoms with Crippen LogP contribution in [0.15, 0.2) is 48.7 Å². The molecule has 5 N–H and O–H groups in total. The molecule has 0 radical (unpaired) electrons. The number of aliphatic carboxylic acids is 1. The highest BCUT2D eigenvalue weighted by Crippen LogP contribution is 2.32. The molecule has 1 aliphatic carbocycles. The number of nitrogens with zero attached hydrogens (tertiary/aromatic N) is 5. The fourth-order valence-corrected chi connectivity index (χ4v) is 5.91. The minimum absolute atomic E-state index is 0.0391. The van der Waals surface area contributed by atoms with Crippen molar-refractivity contribution in [3.63, 3.8) is 0 Å². The summed E-state index contributed by atoms with van der Waals surface area (Å²) in [6, 6.07) is 9.34. The number of hydrogen-bond acceptors (Lipinski definition) is 9. The average Bonchev–Trinajstić information content (AvgIpc) is 3.82. The summed E-state index contributed by atoms with van der Waals surface area (Å²) in [5.41, 5.74) is 1.44. The number of fused-ring (bicyclic) bond motifs is 1. The molecule has 236 valence electrons. The maximum atomic E-state index is 14.2. The molecule has 2 unspecified atom stereocenters. The van der Waals surface area contributed by atoms with Gasteiger partial charge in [-0.25, -0.2) is 4.98 Å². The van der Waals surface area contributed by atoms with E-state index < -0.39 is 48.2 Å². The predicted molar refractivity (Wildman–Crippen MR) is 158 cm³/mol. The Labute approximate surface area is 258 Å². The molecule has 15 nitrogen and oxygen atoms in total. The highest BCUT2D eigenvalue weighted by molar-refractivity contribution is 6.06. The smallest absolute Gasteiger partial charge is 0.303 e. The number of aromatic amines is 1. The average molecular weight is 618 g/mol. The molecule has 1 fully saturated rings. The van der Waals surface area contributed by atoms with Gasteiger partial charge in [-0.2, -0.15) is 5.21 Å². The van der Waals surface area contributed by atoms with Crippen molar-refractivity contribution in [1.82, 2.24) is 41.6 Å². The summed E-state index contributed by atoms with van der Waals surface area (Å²) >= 11 is 0. The number of anilines is 1. The molecule has 0 bridgehead atoms. The van der Waals surface area contributed by atoms with Crippen molar-refractivity contribution >= 4 is 35.4 Å². The first-order valence-electron chi connectivity index (χ1n) is 14.9. The first-order chi connectivity index (χ1) is 21.8. The second kappa shape index (κ2) is 14.5. The van der Waals surface area contributed by atoms with Crippen molar-refractivity contribution < 1.29 is 29.1 Å². The SMILES string of the molecule is O=C(O)CCC(NC(=O)C(NC(=O)Cc1ccccc1)C1CCCC1)C(=O)N1c2ncccc2C[C@H]1C(=O)NCc1nn[nH]n1. The number of tetrazole rings is 1.